The van der Waals surface area contributed by atoms with Crippen molar-refractivity contribution < 1.29 is 0 Å². The Morgan fingerprint density at radius 2 is 1.88 bits per heavy atom. The summed E-state index contributed by atoms with van der Waals surface area (Å²) >= 11 is 0. The summed E-state index contributed by atoms with van der Waals surface area (Å²) in [5.74, 6) is 0. The van der Waals surface area contributed by atoms with Gasteiger partial charge in [-0.15, -0.1) is 0 Å². The van der Waals surface area contributed by atoms with Crippen LogP contribution in [0.2, 0.25) is 0 Å². The van der Waals surface area contributed by atoms with Gasteiger partial charge in [0.2, 0.25) is 0 Å². The summed E-state index contributed by atoms with van der Waals surface area (Å²) in [6.07, 6.45) is 1.89. The molecule has 3 heteroatoms. The highest BCUT2D eigenvalue weighted by Gasteiger charge is 2.00. The molecule has 0 radical (unpaired) electrons. The lowest BCUT2D eigenvalue weighted by atomic mass is 10.2. The molecule has 0 aromatic carbocycles. The van der Waals surface area contributed by atoms with Gasteiger partial charge in [-0.25, -0.2) is 0 Å². The molecule has 0 aliphatic heterocycles. The van der Waals surface area contributed by atoms with Gasteiger partial charge in [-0.3, -0.25) is 9.97 Å². The van der Waals surface area contributed by atoms with E-state index >= 15 is 0 Å². The highest BCUT2D eigenvalue weighted by Crippen LogP contribution is 2.13. The van der Waals surface area contributed by atoms with Crippen molar-refractivity contribution in [3.63, 3.8) is 0 Å². The lowest BCUT2D eigenvalue weighted by Gasteiger charge is -2.09. The third kappa shape index (κ3) is 3.03. The quantitative estimate of drug-likeness (QED) is 0.875. The Labute approximate surface area is 102 Å². The average molecular weight is 227 g/mol. The van der Waals surface area contributed by atoms with Crippen molar-refractivity contribution in [2.24, 2.45) is 0 Å². The molecule has 3 nitrogen and oxygen atoms in total. The van der Waals surface area contributed by atoms with E-state index in [1.54, 1.807) is 0 Å². The number of anilines is 1. The summed E-state index contributed by atoms with van der Waals surface area (Å²) in [4.78, 5) is 8.77. The zero-order valence-corrected chi connectivity index (χ0v) is 10.5. The summed E-state index contributed by atoms with van der Waals surface area (Å²) in [6.45, 7) is 6.78. The van der Waals surface area contributed by atoms with Gasteiger partial charge in [0.05, 0.1) is 23.6 Å². The fraction of sp³-hybridized carbons (Fsp3) is 0.286. The van der Waals surface area contributed by atoms with E-state index in [-0.39, 0.29) is 0 Å². The molecule has 88 valence electrons. The van der Waals surface area contributed by atoms with E-state index in [1.165, 1.54) is 5.56 Å². The van der Waals surface area contributed by atoms with Crippen LogP contribution in [0.25, 0.3) is 0 Å². The SMILES string of the molecule is Cc1ccc(CNc2ccc(C)nc2C)nc1. The van der Waals surface area contributed by atoms with Crippen molar-refractivity contribution in [3.8, 4) is 0 Å². The second kappa shape index (κ2) is 4.95. The van der Waals surface area contributed by atoms with Crippen molar-refractivity contribution >= 4 is 5.69 Å². The average Bonchev–Trinajstić information content (AvgIpc) is 2.30. The number of hydrogen-bond acceptors (Lipinski definition) is 3. The van der Waals surface area contributed by atoms with Gasteiger partial charge in [-0.2, -0.15) is 0 Å². The van der Waals surface area contributed by atoms with Gasteiger partial charge in [0.15, 0.2) is 0 Å². The van der Waals surface area contributed by atoms with Crippen LogP contribution in [0.5, 0.6) is 0 Å². The Morgan fingerprint density at radius 3 is 2.53 bits per heavy atom. The minimum absolute atomic E-state index is 0.728. The molecule has 1 N–H and O–H groups in total. The maximum absolute atomic E-state index is 4.42. The molecule has 0 unspecified atom stereocenters. The number of rotatable bonds is 3. The van der Waals surface area contributed by atoms with Crippen LogP contribution in [-0.2, 0) is 6.54 Å². The molecule has 0 amide bonds. The Balaban J connectivity index is 2.04. The summed E-state index contributed by atoms with van der Waals surface area (Å²) in [7, 11) is 0. The molecule has 0 atom stereocenters. The zero-order chi connectivity index (χ0) is 12.3. The van der Waals surface area contributed by atoms with Gasteiger partial charge in [0, 0.05) is 11.9 Å². The maximum atomic E-state index is 4.42. The van der Waals surface area contributed by atoms with Crippen LogP contribution in [0.15, 0.2) is 30.5 Å². The van der Waals surface area contributed by atoms with Crippen LogP contribution in [0, 0.1) is 20.8 Å². The Hall–Kier alpha value is -1.90. The molecule has 0 aliphatic rings. The first-order chi connectivity index (χ1) is 8.15. The Bertz CT molecular complexity index is 503. The minimum atomic E-state index is 0.728. The van der Waals surface area contributed by atoms with Crippen LogP contribution in [-0.4, -0.2) is 9.97 Å². The van der Waals surface area contributed by atoms with Gasteiger partial charge >= 0.3 is 0 Å². The predicted octanol–water partition coefficient (Wildman–Crippen LogP) is 3.01. The second-order valence-corrected chi connectivity index (χ2v) is 4.27. The molecule has 17 heavy (non-hydrogen) atoms. The molecular weight excluding hydrogens is 210 g/mol. The number of pyridine rings is 2. The van der Waals surface area contributed by atoms with E-state index in [0.29, 0.717) is 0 Å². The normalized spacial score (nSPS) is 10.3. The van der Waals surface area contributed by atoms with Gasteiger partial charge < -0.3 is 5.32 Å². The Kier molecular flexibility index (Phi) is 3.38. The molecule has 0 saturated carbocycles. The monoisotopic (exact) mass is 227 g/mol. The fourth-order valence-electron chi connectivity index (χ4n) is 1.66. The molecule has 0 spiro atoms. The lowest BCUT2D eigenvalue weighted by Crippen LogP contribution is -2.04. The summed E-state index contributed by atoms with van der Waals surface area (Å²) in [6, 6.07) is 8.19. The highest BCUT2D eigenvalue weighted by atomic mass is 14.9. The molecular formula is C14H17N3. The first-order valence-corrected chi connectivity index (χ1v) is 5.75. The lowest BCUT2D eigenvalue weighted by molar-refractivity contribution is 1.02. The van der Waals surface area contributed by atoms with Crippen LogP contribution in [0.1, 0.15) is 22.6 Å². The van der Waals surface area contributed by atoms with Gasteiger partial charge in [0.1, 0.15) is 0 Å². The minimum Gasteiger partial charge on any atom is -0.378 e. The van der Waals surface area contributed by atoms with Crippen molar-refractivity contribution in [1.82, 2.24) is 9.97 Å². The largest absolute Gasteiger partial charge is 0.378 e. The summed E-state index contributed by atoms with van der Waals surface area (Å²) < 4.78 is 0. The first-order valence-electron chi connectivity index (χ1n) is 5.75. The van der Waals surface area contributed by atoms with Crippen LogP contribution in [0.3, 0.4) is 0 Å². The highest BCUT2D eigenvalue weighted by molar-refractivity contribution is 5.47. The van der Waals surface area contributed by atoms with Crippen molar-refractivity contribution in [2.45, 2.75) is 27.3 Å². The van der Waals surface area contributed by atoms with Crippen molar-refractivity contribution in [3.05, 3.63) is 53.1 Å². The standard InChI is InChI=1S/C14H17N3/c1-10-4-6-13(15-8-10)9-16-14-7-5-11(2)17-12(14)3/h4-8,16H,9H2,1-3H3. The van der Waals surface area contributed by atoms with E-state index in [4.69, 9.17) is 0 Å². The first kappa shape index (κ1) is 11.6. The molecule has 2 aromatic heterocycles. The third-order valence-electron chi connectivity index (χ3n) is 2.66. The van der Waals surface area contributed by atoms with E-state index < -0.39 is 0 Å². The van der Waals surface area contributed by atoms with E-state index in [2.05, 4.69) is 27.4 Å². The molecule has 0 aliphatic carbocycles. The molecule has 0 saturated heterocycles. The number of nitrogens with zero attached hydrogens (tertiary/aromatic N) is 2. The maximum Gasteiger partial charge on any atom is 0.0607 e. The van der Waals surface area contributed by atoms with Gasteiger partial charge in [-0.1, -0.05) is 6.07 Å². The fourth-order valence-corrected chi connectivity index (χ4v) is 1.66. The molecule has 2 rings (SSSR count). The molecule has 0 bridgehead atoms. The summed E-state index contributed by atoms with van der Waals surface area (Å²) in [5, 5.41) is 3.35. The van der Waals surface area contributed by atoms with Crippen LogP contribution >= 0.6 is 0 Å². The van der Waals surface area contributed by atoms with Crippen molar-refractivity contribution in [2.75, 3.05) is 5.32 Å². The van der Waals surface area contributed by atoms with Crippen molar-refractivity contribution in [1.29, 1.82) is 0 Å². The Morgan fingerprint density at radius 1 is 1.06 bits per heavy atom. The molecule has 2 aromatic rings. The smallest absolute Gasteiger partial charge is 0.0607 e. The molecule has 2 heterocycles. The zero-order valence-electron chi connectivity index (χ0n) is 10.5. The van der Waals surface area contributed by atoms with E-state index in [1.807, 2.05) is 39.1 Å². The molecule has 0 fully saturated rings. The van der Waals surface area contributed by atoms with Crippen LogP contribution in [0.4, 0.5) is 5.69 Å². The predicted molar refractivity (Wildman–Crippen MR) is 70.0 cm³/mol. The number of aromatic nitrogens is 2. The number of aryl methyl sites for hydroxylation is 3. The topological polar surface area (TPSA) is 37.8 Å². The third-order valence-corrected chi connectivity index (χ3v) is 2.66. The summed E-state index contributed by atoms with van der Waals surface area (Å²) in [5.41, 5.74) is 5.36. The van der Waals surface area contributed by atoms with Gasteiger partial charge in [-0.05, 0) is 44.5 Å². The van der Waals surface area contributed by atoms with E-state index in [0.717, 1.165) is 29.3 Å². The van der Waals surface area contributed by atoms with Gasteiger partial charge in [0.25, 0.3) is 0 Å². The number of hydrogen-bond donors (Lipinski definition) is 1. The van der Waals surface area contributed by atoms with Crippen LogP contribution < -0.4 is 5.32 Å². The van der Waals surface area contributed by atoms with E-state index in [9.17, 15) is 0 Å². The second-order valence-electron chi connectivity index (χ2n) is 4.27. The number of nitrogens with one attached hydrogen (secondary N) is 1.